The summed E-state index contributed by atoms with van der Waals surface area (Å²) in [4.78, 5) is 22.4. The molecule has 1 aliphatic rings. The predicted molar refractivity (Wildman–Crippen MR) is 55.2 cm³/mol. The first-order valence-electron chi connectivity index (χ1n) is 5.21. The van der Waals surface area contributed by atoms with E-state index in [1.165, 1.54) is 0 Å². The van der Waals surface area contributed by atoms with Crippen LogP contribution in [0.1, 0.15) is 20.8 Å². The Morgan fingerprint density at radius 3 is 2.60 bits per heavy atom. The topological polar surface area (TPSA) is 67.4 Å². The second-order valence-electron chi connectivity index (χ2n) is 4.12. The van der Waals surface area contributed by atoms with Crippen LogP contribution >= 0.6 is 0 Å². The first-order valence-corrected chi connectivity index (χ1v) is 5.21. The summed E-state index contributed by atoms with van der Waals surface area (Å²) >= 11 is 0. The molecule has 86 valence electrons. The molecule has 0 aromatic rings. The SMILES string of the molecule is CC(C)C(C)OC(=O)C1CNC(=O)CN1. The van der Waals surface area contributed by atoms with Gasteiger partial charge in [-0.3, -0.25) is 14.9 Å². The van der Waals surface area contributed by atoms with Crippen molar-refractivity contribution >= 4 is 11.9 Å². The lowest BCUT2D eigenvalue weighted by Gasteiger charge is -2.25. The molecule has 1 aliphatic heterocycles. The fourth-order valence-corrected chi connectivity index (χ4v) is 1.13. The largest absolute Gasteiger partial charge is 0.461 e. The monoisotopic (exact) mass is 214 g/mol. The summed E-state index contributed by atoms with van der Waals surface area (Å²) in [6.07, 6.45) is -0.100. The third kappa shape index (κ3) is 3.51. The first kappa shape index (κ1) is 12.0. The summed E-state index contributed by atoms with van der Waals surface area (Å²) in [6, 6.07) is -0.413. The zero-order valence-corrected chi connectivity index (χ0v) is 9.37. The maximum absolute atomic E-state index is 11.6. The van der Waals surface area contributed by atoms with Gasteiger partial charge in [0.15, 0.2) is 0 Å². The van der Waals surface area contributed by atoms with Crippen molar-refractivity contribution < 1.29 is 14.3 Å². The third-order valence-electron chi connectivity index (χ3n) is 2.54. The second-order valence-corrected chi connectivity index (χ2v) is 4.12. The molecule has 0 aromatic heterocycles. The Bertz CT molecular complexity index is 243. The molecule has 1 fully saturated rings. The lowest BCUT2D eigenvalue weighted by molar-refractivity contribution is -0.153. The molecule has 5 nitrogen and oxygen atoms in total. The van der Waals surface area contributed by atoms with E-state index in [0.717, 1.165) is 0 Å². The van der Waals surface area contributed by atoms with Gasteiger partial charge >= 0.3 is 5.97 Å². The molecule has 2 N–H and O–H groups in total. The summed E-state index contributed by atoms with van der Waals surface area (Å²) in [5.41, 5.74) is 0. The van der Waals surface area contributed by atoms with Crippen molar-refractivity contribution in [2.24, 2.45) is 5.92 Å². The maximum Gasteiger partial charge on any atom is 0.325 e. The third-order valence-corrected chi connectivity index (χ3v) is 2.54. The van der Waals surface area contributed by atoms with E-state index in [2.05, 4.69) is 10.6 Å². The molecule has 1 heterocycles. The van der Waals surface area contributed by atoms with Gasteiger partial charge in [-0.1, -0.05) is 13.8 Å². The number of hydrogen-bond acceptors (Lipinski definition) is 4. The van der Waals surface area contributed by atoms with Gasteiger partial charge in [-0.2, -0.15) is 0 Å². The summed E-state index contributed by atoms with van der Waals surface area (Å²) in [5.74, 6) is -0.0840. The molecular weight excluding hydrogens is 196 g/mol. The molecule has 1 saturated heterocycles. The van der Waals surface area contributed by atoms with Gasteiger partial charge in [-0.15, -0.1) is 0 Å². The Morgan fingerprint density at radius 2 is 2.13 bits per heavy atom. The van der Waals surface area contributed by atoms with Gasteiger partial charge in [-0.05, 0) is 12.8 Å². The molecule has 0 spiro atoms. The fraction of sp³-hybridized carbons (Fsp3) is 0.800. The summed E-state index contributed by atoms with van der Waals surface area (Å²) < 4.78 is 5.23. The zero-order valence-electron chi connectivity index (χ0n) is 9.37. The molecule has 0 aromatic carbocycles. The summed E-state index contributed by atoms with van der Waals surface area (Å²) in [7, 11) is 0. The van der Waals surface area contributed by atoms with Crippen LogP contribution in [0.3, 0.4) is 0 Å². The van der Waals surface area contributed by atoms with E-state index in [0.29, 0.717) is 12.5 Å². The minimum absolute atomic E-state index is 0.0871. The van der Waals surface area contributed by atoms with Gasteiger partial charge in [0, 0.05) is 6.54 Å². The molecule has 15 heavy (non-hydrogen) atoms. The average molecular weight is 214 g/mol. The van der Waals surface area contributed by atoms with E-state index in [1.54, 1.807) is 0 Å². The first-order chi connectivity index (χ1) is 7.00. The molecule has 0 bridgehead atoms. The highest BCUT2D eigenvalue weighted by Gasteiger charge is 2.26. The van der Waals surface area contributed by atoms with E-state index >= 15 is 0 Å². The molecule has 0 aliphatic carbocycles. The highest BCUT2D eigenvalue weighted by atomic mass is 16.5. The van der Waals surface area contributed by atoms with E-state index in [4.69, 9.17) is 4.74 Å². The smallest absolute Gasteiger partial charge is 0.325 e. The number of rotatable bonds is 3. The van der Waals surface area contributed by atoms with Gasteiger partial charge in [0.1, 0.15) is 12.1 Å². The number of ether oxygens (including phenoxy) is 1. The summed E-state index contributed by atoms with van der Waals surface area (Å²) in [6.45, 7) is 6.34. The van der Waals surface area contributed by atoms with Gasteiger partial charge in [0.2, 0.25) is 5.91 Å². The van der Waals surface area contributed by atoms with E-state index in [1.807, 2.05) is 20.8 Å². The minimum atomic E-state index is -0.413. The van der Waals surface area contributed by atoms with Crippen LogP contribution in [0.25, 0.3) is 0 Å². The lowest BCUT2D eigenvalue weighted by Crippen LogP contribution is -2.56. The van der Waals surface area contributed by atoms with Crippen molar-refractivity contribution in [3.05, 3.63) is 0 Å². The molecule has 0 saturated carbocycles. The van der Waals surface area contributed by atoms with Gasteiger partial charge in [0.25, 0.3) is 0 Å². The molecular formula is C10H18N2O3. The number of hydrogen-bond donors (Lipinski definition) is 2. The Labute approximate surface area is 89.6 Å². The van der Waals surface area contributed by atoms with E-state index in [9.17, 15) is 9.59 Å². The van der Waals surface area contributed by atoms with E-state index < -0.39 is 6.04 Å². The molecule has 2 atom stereocenters. The number of amides is 1. The average Bonchev–Trinajstić information content (AvgIpc) is 2.18. The van der Waals surface area contributed by atoms with Crippen LogP contribution in [0.5, 0.6) is 0 Å². The van der Waals surface area contributed by atoms with Crippen LogP contribution in [-0.2, 0) is 14.3 Å². The maximum atomic E-state index is 11.6. The van der Waals surface area contributed by atoms with Gasteiger partial charge < -0.3 is 10.1 Å². The van der Waals surface area contributed by atoms with Crippen LogP contribution in [0.15, 0.2) is 0 Å². The number of carbonyl (C=O) groups is 2. The van der Waals surface area contributed by atoms with Crippen molar-refractivity contribution in [2.45, 2.75) is 32.9 Å². The Morgan fingerprint density at radius 1 is 1.47 bits per heavy atom. The minimum Gasteiger partial charge on any atom is -0.461 e. The van der Waals surface area contributed by atoms with Crippen molar-refractivity contribution in [3.63, 3.8) is 0 Å². The number of piperazine rings is 1. The fourth-order valence-electron chi connectivity index (χ4n) is 1.13. The molecule has 1 amide bonds. The molecule has 0 radical (unpaired) electrons. The summed E-state index contributed by atoms with van der Waals surface area (Å²) in [5, 5.41) is 5.44. The van der Waals surface area contributed by atoms with Crippen LogP contribution in [0.2, 0.25) is 0 Å². The highest BCUT2D eigenvalue weighted by Crippen LogP contribution is 2.06. The normalized spacial score (nSPS) is 23.5. The molecule has 2 unspecified atom stereocenters. The van der Waals surface area contributed by atoms with Gasteiger partial charge in [-0.25, -0.2) is 0 Å². The number of nitrogens with one attached hydrogen (secondary N) is 2. The van der Waals surface area contributed by atoms with Crippen molar-refractivity contribution in [3.8, 4) is 0 Å². The number of esters is 1. The zero-order chi connectivity index (χ0) is 11.4. The highest BCUT2D eigenvalue weighted by molar-refractivity contribution is 5.83. The van der Waals surface area contributed by atoms with Crippen LogP contribution in [0.4, 0.5) is 0 Å². The molecule has 1 rings (SSSR count). The quantitative estimate of drug-likeness (QED) is 0.631. The van der Waals surface area contributed by atoms with Gasteiger partial charge in [0.05, 0.1) is 6.54 Å². The Balaban J connectivity index is 2.37. The van der Waals surface area contributed by atoms with Crippen LogP contribution in [0, 0.1) is 5.92 Å². The van der Waals surface area contributed by atoms with Crippen LogP contribution in [-0.4, -0.2) is 37.1 Å². The standard InChI is InChI=1S/C10H18N2O3/c1-6(2)7(3)15-10(14)8-4-12-9(13)5-11-8/h6-8,11H,4-5H2,1-3H3,(H,12,13). The lowest BCUT2D eigenvalue weighted by atomic mass is 10.1. The van der Waals surface area contributed by atoms with Crippen LogP contribution < -0.4 is 10.6 Å². The number of carbonyl (C=O) groups excluding carboxylic acids is 2. The predicted octanol–water partition coefficient (Wildman–Crippen LogP) is -0.338. The van der Waals surface area contributed by atoms with E-state index in [-0.39, 0.29) is 24.5 Å². The Kier molecular flexibility index (Phi) is 4.08. The van der Waals surface area contributed by atoms with Crippen molar-refractivity contribution in [1.29, 1.82) is 0 Å². The van der Waals surface area contributed by atoms with Crippen molar-refractivity contribution in [1.82, 2.24) is 10.6 Å². The van der Waals surface area contributed by atoms with Crippen molar-refractivity contribution in [2.75, 3.05) is 13.1 Å². The Hall–Kier alpha value is -1.10. The second kappa shape index (κ2) is 5.11. The molecule has 5 heteroatoms.